The number of alkyl halides is 1. The first-order valence-corrected chi connectivity index (χ1v) is 8.07. The largest absolute Gasteiger partial charge is 0.311 e. The second-order valence-electron chi connectivity index (χ2n) is 7.49. The number of hydrogen-bond donors (Lipinski definition) is 0. The van der Waals surface area contributed by atoms with Gasteiger partial charge in [0.1, 0.15) is 11.3 Å². The minimum absolute atomic E-state index is 0.107. The van der Waals surface area contributed by atoms with E-state index in [4.69, 9.17) is 21.6 Å². The highest BCUT2D eigenvalue weighted by Gasteiger charge is 2.64. The van der Waals surface area contributed by atoms with E-state index in [0.717, 1.165) is 29.2 Å². The van der Waals surface area contributed by atoms with Gasteiger partial charge < -0.3 is 4.57 Å². The van der Waals surface area contributed by atoms with Crippen molar-refractivity contribution in [1.29, 1.82) is 0 Å². The fourth-order valence-electron chi connectivity index (χ4n) is 3.57. The van der Waals surface area contributed by atoms with Crippen molar-refractivity contribution in [2.45, 2.75) is 53.5 Å². The minimum atomic E-state index is -0.107. The molecule has 3 nitrogen and oxygen atoms in total. The molecule has 0 aromatic carbocycles. The van der Waals surface area contributed by atoms with Gasteiger partial charge in [0.25, 0.3) is 0 Å². The van der Waals surface area contributed by atoms with E-state index >= 15 is 0 Å². The number of hydrogen-bond acceptors (Lipinski definition) is 2. The van der Waals surface area contributed by atoms with Crippen LogP contribution in [0.25, 0.3) is 11.2 Å². The van der Waals surface area contributed by atoms with Crippen molar-refractivity contribution < 1.29 is 0 Å². The average molecular weight is 306 g/mol. The van der Waals surface area contributed by atoms with Crippen LogP contribution < -0.4 is 0 Å². The van der Waals surface area contributed by atoms with Gasteiger partial charge in [0.2, 0.25) is 0 Å². The van der Waals surface area contributed by atoms with E-state index in [-0.39, 0.29) is 5.38 Å². The zero-order chi connectivity index (χ0) is 15.6. The standard InChI is InChI=1S/C17H24ClN3/c1-10-7-8-12-15(19-10)21(14(20-12)11(2)18)9-13-16(3,4)17(13,5)6/h7-8,11,13H,9H2,1-6H3. The lowest BCUT2D eigenvalue weighted by Crippen LogP contribution is -2.10. The summed E-state index contributed by atoms with van der Waals surface area (Å²) in [6.45, 7) is 14.3. The fraction of sp³-hybridized carbons (Fsp3) is 0.647. The quantitative estimate of drug-likeness (QED) is 0.768. The van der Waals surface area contributed by atoms with E-state index in [2.05, 4.69) is 32.3 Å². The smallest absolute Gasteiger partial charge is 0.160 e. The molecular weight excluding hydrogens is 282 g/mol. The fourth-order valence-corrected chi connectivity index (χ4v) is 3.74. The van der Waals surface area contributed by atoms with Crippen molar-refractivity contribution in [1.82, 2.24) is 14.5 Å². The number of nitrogens with zero attached hydrogens (tertiary/aromatic N) is 3. The van der Waals surface area contributed by atoms with Crippen LogP contribution >= 0.6 is 11.6 Å². The Kier molecular flexibility index (Phi) is 3.14. The van der Waals surface area contributed by atoms with Crippen LogP contribution in [0.3, 0.4) is 0 Å². The highest BCUT2D eigenvalue weighted by Crippen LogP contribution is 2.69. The molecule has 1 saturated carbocycles. The van der Waals surface area contributed by atoms with Crippen molar-refractivity contribution >= 4 is 22.8 Å². The molecule has 0 spiro atoms. The number of fused-ring (bicyclic) bond motifs is 1. The summed E-state index contributed by atoms with van der Waals surface area (Å²) in [6.07, 6.45) is 0. The van der Waals surface area contributed by atoms with Gasteiger partial charge in [-0.3, -0.25) is 0 Å². The molecule has 1 fully saturated rings. The molecular formula is C17H24ClN3. The Hall–Kier alpha value is -1.09. The number of aromatic nitrogens is 3. The Morgan fingerprint density at radius 2 is 1.81 bits per heavy atom. The normalized spacial score (nSPS) is 21.7. The predicted octanol–water partition coefficient (Wildman–Crippen LogP) is 4.72. The molecule has 114 valence electrons. The second-order valence-corrected chi connectivity index (χ2v) is 8.14. The van der Waals surface area contributed by atoms with Gasteiger partial charge in [0.15, 0.2) is 5.65 Å². The number of pyridine rings is 1. The van der Waals surface area contributed by atoms with Gasteiger partial charge in [-0.05, 0) is 42.7 Å². The van der Waals surface area contributed by atoms with Crippen LogP contribution in [0.15, 0.2) is 12.1 Å². The molecule has 0 amide bonds. The first-order chi connectivity index (χ1) is 9.66. The highest BCUT2D eigenvalue weighted by molar-refractivity contribution is 6.20. The highest BCUT2D eigenvalue weighted by atomic mass is 35.5. The van der Waals surface area contributed by atoms with Crippen molar-refractivity contribution in [3.05, 3.63) is 23.7 Å². The van der Waals surface area contributed by atoms with Crippen molar-refractivity contribution in [2.75, 3.05) is 0 Å². The van der Waals surface area contributed by atoms with E-state index < -0.39 is 0 Å². The number of imidazole rings is 1. The van der Waals surface area contributed by atoms with Gasteiger partial charge in [-0.15, -0.1) is 11.6 Å². The maximum atomic E-state index is 6.35. The first kappa shape index (κ1) is 14.8. The molecule has 2 aromatic rings. The Morgan fingerprint density at radius 1 is 1.19 bits per heavy atom. The van der Waals surface area contributed by atoms with Crippen molar-refractivity contribution in [2.24, 2.45) is 16.7 Å². The molecule has 0 N–H and O–H groups in total. The molecule has 3 rings (SSSR count). The van der Waals surface area contributed by atoms with Gasteiger partial charge in [-0.2, -0.15) is 0 Å². The first-order valence-electron chi connectivity index (χ1n) is 7.64. The summed E-state index contributed by atoms with van der Waals surface area (Å²) in [6, 6.07) is 4.05. The van der Waals surface area contributed by atoms with Crippen LogP contribution in [0.1, 0.15) is 51.5 Å². The maximum Gasteiger partial charge on any atom is 0.160 e. The number of aryl methyl sites for hydroxylation is 1. The van der Waals surface area contributed by atoms with Gasteiger partial charge in [0.05, 0.1) is 5.38 Å². The third-order valence-electron chi connectivity index (χ3n) is 5.80. The summed E-state index contributed by atoms with van der Waals surface area (Å²) in [5, 5.41) is -0.107. The summed E-state index contributed by atoms with van der Waals surface area (Å²) < 4.78 is 2.24. The third-order valence-corrected chi connectivity index (χ3v) is 6.00. The molecule has 1 unspecified atom stereocenters. The summed E-state index contributed by atoms with van der Waals surface area (Å²) in [5.74, 6) is 1.56. The molecule has 21 heavy (non-hydrogen) atoms. The second kappa shape index (κ2) is 4.45. The summed E-state index contributed by atoms with van der Waals surface area (Å²) >= 11 is 6.35. The van der Waals surface area contributed by atoms with Gasteiger partial charge in [-0.1, -0.05) is 27.7 Å². The average Bonchev–Trinajstić information content (AvgIpc) is 2.70. The van der Waals surface area contributed by atoms with Gasteiger partial charge >= 0.3 is 0 Å². The Labute approximate surface area is 131 Å². The van der Waals surface area contributed by atoms with Crippen LogP contribution in [0.5, 0.6) is 0 Å². The summed E-state index contributed by atoms with van der Waals surface area (Å²) in [4.78, 5) is 9.39. The molecule has 2 aromatic heterocycles. The molecule has 1 atom stereocenters. The van der Waals surface area contributed by atoms with Crippen LogP contribution in [0.2, 0.25) is 0 Å². The van der Waals surface area contributed by atoms with E-state index in [9.17, 15) is 0 Å². The van der Waals surface area contributed by atoms with Crippen LogP contribution in [0.4, 0.5) is 0 Å². The van der Waals surface area contributed by atoms with Crippen molar-refractivity contribution in [3.8, 4) is 0 Å². The molecule has 1 aliphatic carbocycles. The van der Waals surface area contributed by atoms with Gasteiger partial charge in [-0.25, -0.2) is 9.97 Å². The molecule has 0 aliphatic heterocycles. The van der Waals surface area contributed by atoms with E-state index in [0.29, 0.717) is 16.7 Å². The summed E-state index contributed by atoms with van der Waals surface area (Å²) in [7, 11) is 0. The Morgan fingerprint density at radius 3 is 2.33 bits per heavy atom. The van der Waals surface area contributed by atoms with E-state index in [1.807, 2.05) is 26.0 Å². The van der Waals surface area contributed by atoms with Crippen LogP contribution in [-0.2, 0) is 6.54 Å². The zero-order valence-corrected chi connectivity index (χ0v) is 14.5. The lowest BCUT2D eigenvalue weighted by atomic mass is 10.0. The minimum Gasteiger partial charge on any atom is -0.311 e. The number of halogens is 1. The van der Waals surface area contributed by atoms with E-state index in [1.165, 1.54) is 0 Å². The lowest BCUT2D eigenvalue weighted by molar-refractivity contribution is 0.457. The number of rotatable bonds is 3. The Bertz CT molecular complexity index is 683. The lowest BCUT2D eigenvalue weighted by Gasteiger charge is -2.11. The molecule has 0 saturated heterocycles. The van der Waals surface area contributed by atoms with Gasteiger partial charge in [0, 0.05) is 12.2 Å². The molecule has 0 radical (unpaired) electrons. The van der Waals surface area contributed by atoms with Crippen molar-refractivity contribution in [3.63, 3.8) is 0 Å². The SMILES string of the molecule is Cc1ccc2nc(C(C)Cl)n(CC3C(C)(C)C3(C)C)c2n1. The Balaban J connectivity index is 2.08. The van der Waals surface area contributed by atoms with Crippen LogP contribution in [-0.4, -0.2) is 14.5 Å². The molecule has 2 heterocycles. The monoisotopic (exact) mass is 305 g/mol. The molecule has 0 bridgehead atoms. The molecule has 4 heteroatoms. The summed E-state index contributed by atoms with van der Waals surface area (Å²) in [5.41, 5.74) is 3.63. The maximum absolute atomic E-state index is 6.35. The van der Waals surface area contributed by atoms with E-state index in [1.54, 1.807) is 0 Å². The predicted molar refractivity (Wildman–Crippen MR) is 87.6 cm³/mol. The topological polar surface area (TPSA) is 30.7 Å². The van der Waals surface area contributed by atoms with Crippen LogP contribution in [0, 0.1) is 23.7 Å². The molecule has 1 aliphatic rings. The third kappa shape index (κ3) is 2.09. The zero-order valence-electron chi connectivity index (χ0n) is 13.7.